The van der Waals surface area contributed by atoms with Gasteiger partial charge in [-0.15, -0.1) is 0 Å². The lowest BCUT2D eigenvalue weighted by atomic mass is 10.3. The van der Waals surface area contributed by atoms with Crippen LogP contribution in [0.5, 0.6) is 0 Å². The summed E-state index contributed by atoms with van der Waals surface area (Å²) >= 11 is 4.33. The molecule has 84 valence electrons. The van der Waals surface area contributed by atoms with Crippen molar-refractivity contribution in [2.24, 2.45) is 0 Å². The number of hydrogen-bond donors (Lipinski definition) is 1. The molecule has 0 spiro atoms. The normalized spacial score (nSPS) is 10.9. The van der Waals surface area contributed by atoms with E-state index in [2.05, 4.69) is 27.6 Å². The molecule has 0 aliphatic heterocycles. The molecule has 3 aromatic heterocycles. The number of nitrogens with zero attached hydrogens (tertiary/aromatic N) is 4. The molecule has 17 heavy (non-hydrogen) atoms. The smallest absolute Gasteiger partial charge is 0.161 e. The van der Waals surface area contributed by atoms with Gasteiger partial charge in [0.15, 0.2) is 11.5 Å². The summed E-state index contributed by atoms with van der Waals surface area (Å²) in [7, 11) is 0. The molecule has 0 aliphatic rings. The highest BCUT2D eigenvalue weighted by atomic mass is 32.1. The minimum atomic E-state index is 0.527. The van der Waals surface area contributed by atoms with Crippen LogP contribution < -0.4 is 0 Å². The van der Waals surface area contributed by atoms with Crippen LogP contribution in [0.15, 0.2) is 42.7 Å². The minimum absolute atomic E-state index is 0.527. The van der Waals surface area contributed by atoms with Gasteiger partial charge in [0.1, 0.15) is 11.2 Å². The molecule has 0 atom stereocenters. The summed E-state index contributed by atoms with van der Waals surface area (Å²) in [6.07, 6.45) is 3.51. The summed E-state index contributed by atoms with van der Waals surface area (Å²) in [6, 6.07) is 9.57. The van der Waals surface area contributed by atoms with Crippen molar-refractivity contribution < 1.29 is 0 Å². The summed E-state index contributed by atoms with van der Waals surface area (Å²) < 4.78 is 1.95. The fourth-order valence-electron chi connectivity index (χ4n) is 1.78. The molecule has 0 fully saturated rings. The van der Waals surface area contributed by atoms with Gasteiger partial charge in [0.2, 0.25) is 0 Å². The van der Waals surface area contributed by atoms with Crippen molar-refractivity contribution in [2.45, 2.75) is 5.88 Å². The fourth-order valence-corrected chi connectivity index (χ4v) is 2.05. The zero-order valence-corrected chi connectivity index (χ0v) is 9.88. The van der Waals surface area contributed by atoms with E-state index in [1.165, 1.54) is 0 Å². The van der Waals surface area contributed by atoms with Crippen molar-refractivity contribution in [3.63, 3.8) is 0 Å². The second-order valence-corrected chi connectivity index (χ2v) is 3.85. The van der Waals surface area contributed by atoms with Crippen LogP contribution in [0.1, 0.15) is 0 Å². The van der Waals surface area contributed by atoms with E-state index < -0.39 is 0 Å². The Hall–Kier alpha value is -1.88. The fraction of sp³-hybridized carbons (Fsp3) is 0.0833. The number of fused-ring (bicyclic) bond motifs is 1. The van der Waals surface area contributed by atoms with E-state index in [1.807, 2.05) is 34.9 Å². The highest BCUT2D eigenvalue weighted by Crippen LogP contribution is 2.21. The Kier molecular flexibility index (Phi) is 2.53. The molecule has 5 heteroatoms. The van der Waals surface area contributed by atoms with Crippen LogP contribution in [0.25, 0.3) is 22.7 Å². The summed E-state index contributed by atoms with van der Waals surface area (Å²) in [4.78, 5) is 13.2. The molecule has 0 saturated carbocycles. The lowest BCUT2D eigenvalue weighted by Crippen LogP contribution is -1.98. The lowest BCUT2D eigenvalue weighted by molar-refractivity contribution is 0.916. The van der Waals surface area contributed by atoms with Crippen molar-refractivity contribution in [3.05, 3.63) is 42.7 Å². The standard InChI is InChI=1S/C12H10N4S/c17-8-16-11-10(5-3-7-14-11)15-12(16)9-4-1-2-6-13-9/h1-7,17H,8H2. The van der Waals surface area contributed by atoms with Gasteiger partial charge in [-0.25, -0.2) is 9.97 Å². The molecule has 0 unspecified atom stereocenters. The molecule has 0 amide bonds. The molecule has 4 nitrogen and oxygen atoms in total. The van der Waals surface area contributed by atoms with Gasteiger partial charge in [-0.2, -0.15) is 12.6 Å². The molecule has 3 heterocycles. The lowest BCUT2D eigenvalue weighted by Gasteiger charge is -2.03. The third-order valence-electron chi connectivity index (χ3n) is 2.54. The van der Waals surface area contributed by atoms with Crippen LogP contribution in [0.3, 0.4) is 0 Å². The first-order valence-electron chi connectivity index (χ1n) is 5.23. The summed E-state index contributed by atoms with van der Waals surface area (Å²) in [6.45, 7) is 0. The first kappa shape index (κ1) is 10.3. The molecule has 0 aliphatic carbocycles. The van der Waals surface area contributed by atoms with Gasteiger partial charge < -0.3 is 0 Å². The van der Waals surface area contributed by atoms with Crippen molar-refractivity contribution in [3.8, 4) is 11.5 Å². The molecule has 0 N–H and O–H groups in total. The van der Waals surface area contributed by atoms with E-state index >= 15 is 0 Å². The molecule has 0 radical (unpaired) electrons. The van der Waals surface area contributed by atoms with E-state index in [-0.39, 0.29) is 0 Å². The summed E-state index contributed by atoms with van der Waals surface area (Å²) in [5, 5.41) is 0. The van der Waals surface area contributed by atoms with Crippen LogP contribution in [0, 0.1) is 0 Å². The number of hydrogen-bond acceptors (Lipinski definition) is 4. The predicted octanol–water partition coefficient (Wildman–Crippen LogP) is 2.38. The monoisotopic (exact) mass is 242 g/mol. The van der Waals surface area contributed by atoms with Gasteiger partial charge in [0.05, 0.1) is 5.88 Å². The van der Waals surface area contributed by atoms with E-state index in [4.69, 9.17) is 0 Å². The Balaban J connectivity index is 2.30. The maximum absolute atomic E-state index is 4.54. The van der Waals surface area contributed by atoms with Crippen molar-refractivity contribution in [2.75, 3.05) is 0 Å². The van der Waals surface area contributed by atoms with E-state index in [0.717, 1.165) is 22.7 Å². The molecule has 3 aromatic rings. The van der Waals surface area contributed by atoms with E-state index in [0.29, 0.717) is 5.88 Å². The minimum Gasteiger partial charge on any atom is -0.298 e. The first-order valence-corrected chi connectivity index (χ1v) is 5.87. The zero-order valence-electron chi connectivity index (χ0n) is 8.98. The van der Waals surface area contributed by atoms with Gasteiger partial charge in [-0.1, -0.05) is 6.07 Å². The van der Waals surface area contributed by atoms with Crippen molar-refractivity contribution in [1.82, 2.24) is 19.5 Å². The zero-order chi connectivity index (χ0) is 11.7. The SMILES string of the molecule is SCn1c(-c2ccccn2)nc2cccnc21. The van der Waals surface area contributed by atoms with Crippen molar-refractivity contribution >= 4 is 23.8 Å². The first-order chi connectivity index (χ1) is 8.40. The Morgan fingerprint density at radius 2 is 1.94 bits per heavy atom. The van der Waals surface area contributed by atoms with Gasteiger partial charge in [0, 0.05) is 12.4 Å². The molecular weight excluding hydrogens is 232 g/mol. The summed E-state index contributed by atoms with van der Waals surface area (Å²) in [5.41, 5.74) is 2.53. The average Bonchev–Trinajstić information content (AvgIpc) is 2.78. The molecule has 0 aromatic carbocycles. The number of thiol groups is 1. The van der Waals surface area contributed by atoms with Gasteiger partial charge >= 0.3 is 0 Å². The molecule has 0 saturated heterocycles. The number of aromatic nitrogens is 4. The second-order valence-electron chi connectivity index (χ2n) is 3.57. The maximum Gasteiger partial charge on any atom is 0.161 e. The number of rotatable bonds is 2. The Morgan fingerprint density at radius 1 is 1.06 bits per heavy atom. The van der Waals surface area contributed by atoms with Crippen LogP contribution in [-0.2, 0) is 5.88 Å². The van der Waals surface area contributed by atoms with Gasteiger partial charge in [-0.3, -0.25) is 9.55 Å². The van der Waals surface area contributed by atoms with Gasteiger partial charge in [0.25, 0.3) is 0 Å². The summed E-state index contributed by atoms with van der Waals surface area (Å²) in [5.74, 6) is 1.33. The van der Waals surface area contributed by atoms with Crippen LogP contribution in [-0.4, -0.2) is 19.5 Å². The molecule has 3 rings (SSSR count). The van der Waals surface area contributed by atoms with Crippen molar-refractivity contribution in [1.29, 1.82) is 0 Å². The topological polar surface area (TPSA) is 43.6 Å². The largest absolute Gasteiger partial charge is 0.298 e. The van der Waals surface area contributed by atoms with Crippen LogP contribution in [0.4, 0.5) is 0 Å². The second kappa shape index (κ2) is 4.18. The van der Waals surface area contributed by atoms with E-state index in [9.17, 15) is 0 Å². The Labute approximate surface area is 104 Å². The highest BCUT2D eigenvalue weighted by Gasteiger charge is 2.12. The molecule has 0 bridgehead atoms. The predicted molar refractivity (Wildman–Crippen MR) is 69.7 cm³/mol. The highest BCUT2D eigenvalue weighted by molar-refractivity contribution is 7.79. The van der Waals surface area contributed by atoms with Crippen LogP contribution >= 0.6 is 12.6 Å². The third kappa shape index (κ3) is 1.68. The Morgan fingerprint density at radius 3 is 2.71 bits per heavy atom. The Bertz CT molecular complexity index is 648. The third-order valence-corrected chi connectivity index (χ3v) is 2.82. The molecular formula is C12H10N4S. The maximum atomic E-state index is 4.54. The van der Waals surface area contributed by atoms with E-state index in [1.54, 1.807) is 12.4 Å². The quantitative estimate of drug-likeness (QED) is 0.702. The average molecular weight is 242 g/mol. The van der Waals surface area contributed by atoms with Gasteiger partial charge in [-0.05, 0) is 24.3 Å². The number of pyridine rings is 2. The number of imidazole rings is 1. The van der Waals surface area contributed by atoms with Crippen LogP contribution in [0.2, 0.25) is 0 Å².